The van der Waals surface area contributed by atoms with Crippen molar-refractivity contribution in [1.29, 1.82) is 0 Å². The van der Waals surface area contributed by atoms with Crippen molar-refractivity contribution in [3.63, 3.8) is 0 Å². The summed E-state index contributed by atoms with van der Waals surface area (Å²) in [5.41, 5.74) is 3.37. The molecule has 0 aliphatic heterocycles. The Morgan fingerprint density at radius 3 is 2.50 bits per heavy atom. The van der Waals surface area contributed by atoms with Gasteiger partial charge in [0.15, 0.2) is 0 Å². The van der Waals surface area contributed by atoms with Crippen LogP contribution in [0.15, 0.2) is 60.7 Å². The van der Waals surface area contributed by atoms with Crippen LogP contribution in [0.5, 0.6) is 0 Å². The molecule has 108 valence electrons. The van der Waals surface area contributed by atoms with E-state index in [2.05, 4.69) is 10.3 Å². The lowest BCUT2D eigenvalue weighted by Gasteiger charge is -2.01. The molecule has 3 aromatic rings. The summed E-state index contributed by atoms with van der Waals surface area (Å²) in [5, 5.41) is 12.1. The van der Waals surface area contributed by atoms with E-state index >= 15 is 0 Å². The van der Waals surface area contributed by atoms with Gasteiger partial charge >= 0.3 is 6.09 Å². The van der Waals surface area contributed by atoms with E-state index < -0.39 is 6.09 Å². The first-order valence-electron chi connectivity index (χ1n) is 6.85. The van der Waals surface area contributed by atoms with Crippen LogP contribution < -0.4 is 5.32 Å². The Morgan fingerprint density at radius 1 is 0.955 bits per heavy atom. The molecule has 2 aromatic carbocycles. The highest BCUT2D eigenvalue weighted by Gasteiger charge is 1.97. The highest BCUT2D eigenvalue weighted by atomic mass is 16.4. The normalized spacial score (nSPS) is 10.9. The van der Waals surface area contributed by atoms with Crippen LogP contribution in [0.4, 0.5) is 10.5 Å². The number of carbonyl (C=O) groups is 1. The molecule has 0 bridgehead atoms. The predicted octanol–water partition coefficient (Wildman–Crippen LogP) is 4.50. The van der Waals surface area contributed by atoms with E-state index in [1.165, 1.54) is 0 Å². The van der Waals surface area contributed by atoms with Crippen LogP contribution in [-0.4, -0.2) is 16.2 Å². The van der Waals surface area contributed by atoms with Crippen LogP contribution in [0, 0.1) is 0 Å². The largest absolute Gasteiger partial charge is 0.465 e. The van der Waals surface area contributed by atoms with Gasteiger partial charge < -0.3 is 5.11 Å². The second-order valence-corrected chi connectivity index (χ2v) is 4.81. The van der Waals surface area contributed by atoms with Gasteiger partial charge in [0.25, 0.3) is 0 Å². The van der Waals surface area contributed by atoms with Gasteiger partial charge in [-0.15, -0.1) is 0 Å². The summed E-state index contributed by atoms with van der Waals surface area (Å²) in [5.74, 6) is 0. The first-order valence-corrected chi connectivity index (χ1v) is 6.85. The monoisotopic (exact) mass is 290 g/mol. The standard InChI is InChI=1S/C18H14N2O2/c21-18(22)20-16-10-6-13(7-11-16)5-9-15-12-8-14-3-1-2-4-17(14)19-15/h1-12,20H,(H,21,22). The molecule has 0 spiro atoms. The molecule has 2 N–H and O–H groups in total. The second-order valence-electron chi connectivity index (χ2n) is 4.81. The summed E-state index contributed by atoms with van der Waals surface area (Å²) in [6.45, 7) is 0. The maximum Gasteiger partial charge on any atom is 0.409 e. The fourth-order valence-corrected chi connectivity index (χ4v) is 2.16. The summed E-state index contributed by atoms with van der Waals surface area (Å²) in [4.78, 5) is 15.1. The van der Waals surface area contributed by atoms with Crippen LogP contribution in [0.3, 0.4) is 0 Å². The summed E-state index contributed by atoms with van der Waals surface area (Å²) in [6, 6.07) is 19.1. The van der Waals surface area contributed by atoms with Gasteiger partial charge in [0.2, 0.25) is 0 Å². The van der Waals surface area contributed by atoms with E-state index in [4.69, 9.17) is 5.11 Å². The van der Waals surface area contributed by atoms with Crippen molar-refractivity contribution in [3.05, 3.63) is 71.9 Å². The fraction of sp³-hybridized carbons (Fsp3) is 0. The molecule has 0 radical (unpaired) electrons. The number of benzene rings is 2. The summed E-state index contributed by atoms with van der Waals surface area (Å²) >= 11 is 0. The van der Waals surface area contributed by atoms with Crippen LogP contribution >= 0.6 is 0 Å². The van der Waals surface area contributed by atoms with Crippen molar-refractivity contribution in [2.45, 2.75) is 0 Å². The Morgan fingerprint density at radius 2 is 1.73 bits per heavy atom. The minimum atomic E-state index is -1.07. The SMILES string of the molecule is O=C(O)Nc1ccc(C=Cc2ccc3ccccc3n2)cc1. The molecule has 0 saturated carbocycles. The van der Waals surface area contributed by atoms with E-state index in [1.54, 1.807) is 12.1 Å². The lowest BCUT2D eigenvalue weighted by atomic mass is 10.1. The minimum absolute atomic E-state index is 0.550. The molecule has 0 atom stereocenters. The topological polar surface area (TPSA) is 62.2 Å². The molecule has 0 saturated heterocycles. The lowest BCUT2D eigenvalue weighted by molar-refractivity contribution is 0.210. The zero-order valence-electron chi connectivity index (χ0n) is 11.7. The maximum atomic E-state index is 10.5. The number of nitrogens with one attached hydrogen (secondary N) is 1. The van der Waals surface area contributed by atoms with Crippen molar-refractivity contribution < 1.29 is 9.90 Å². The van der Waals surface area contributed by atoms with Crippen molar-refractivity contribution in [3.8, 4) is 0 Å². The Bertz CT molecular complexity index is 839. The molecule has 0 aliphatic rings. The molecular formula is C18H14N2O2. The molecule has 22 heavy (non-hydrogen) atoms. The zero-order chi connectivity index (χ0) is 15.4. The van der Waals surface area contributed by atoms with E-state index in [-0.39, 0.29) is 0 Å². The van der Waals surface area contributed by atoms with Crippen molar-refractivity contribution in [2.24, 2.45) is 0 Å². The molecule has 0 unspecified atom stereocenters. The predicted molar refractivity (Wildman–Crippen MR) is 88.8 cm³/mol. The number of nitrogens with zero attached hydrogens (tertiary/aromatic N) is 1. The van der Waals surface area contributed by atoms with Gasteiger partial charge in [0.1, 0.15) is 0 Å². The molecule has 4 nitrogen and oxygen atoms in total. The average molecular weight is 290 g/mol. The Labute approximate surface area is 127 Å². The molecule has 3 rings (SSSR count). The molecule has 1 aromatic heterocycles. The third-order valence-corrected chi connectivity index (χ3v) is 3.23. The molecule has 4 heteroatoms. The van der Waals surface area contributed by atoms with Gasteiger partial charge in [-0.1, -0.05) is 42.5 Å². The highest BCUT2D eigenvalue weighted by Crippen LogP contribution is 2.15. The number of anilines is 1. The van der Waals surface area contributed by atoms with Gasteiger partial charge in [0.05, 0.1) is 11.2 Å². The van der Waals surface area contributed by atoms with Crippen molar-refractivity contribution in [2.75, 3.05) is 5.32 Å². The Kier molecular flexibility index (Phi) is 3.83. The number of fused-ring (bicyclic) bond motifs is 1. The smallest absolute Gasteiger partial charge is 0.409 e. The fourth-order valence-electron chi connectivity index (χ4n) is 2.16. The van der Waals surface area contributed by atoms with Gasteiger partial charge in [-0.25, -0.2) is 9.78 Å². The van der Waals surface area contributed by atoms with Gasteiger partial charge in [-0.3, -0.25) is 5.32 Å². The van der Waals surface area contributed by atoms with E-state index in [9.17, 15) is 4.79 Å². The maximum absolute atomic E-state index is 10.5. The lowest BCUT2D eigenvalue weighted by Crippen LogP contribution is -2.06. The third-order valence-electron chi connectivity index (χ3n) is 3.23. The first kappa shape index (κ1) is 13.8. The van der Waals surface area contributed by atoms with E-state index in [0.29, 0.717) is 5.69 Å². The summed E-state index contributed by atoms with van der Waals surface area (Å²) in [6.07, 6.45) is 2.82. The van der Waals surface area contributed by atoms with E-state index in [1.807, 2.05) is 60.7 Å². The zero-order valence-corrected chi connectivity index (χ0v) is 11.7. The second kappa shape index (κ2) is 6.10. The summed E-state index contributed by atoms with van der Waals surface area (Å²) < 4.78 is 0. The third kappa shape index (κ3) is 3.30. The van der Waals surface area contributed by atoms with Crippen LogP contribution in [0.1, 0.15) is 11.3 Å². The molecular weight excluding hydrogens is 276 g/mol. The first-order chi connectivity index (χ1) is 10.7. The number of amides is 1. The Balaban J connectivity index is 1.78. The molecule has 0 aliphatic carbocycles. The van der Waals surface area contributed by atoms with Crippen LogP contribution in [0.25, 0.3) is 23.1 Å². The van der Waals surface area contributed by atoms with E-state index in [0.717, 1.165) is 22.2 Å². The molecule has 1 amide bonds. The Hall–Kier alpha value is -3.14. The average Bonchev–Trinajstić information content (AvgIpc) is 2.53. The van der Waals surface area contributed by atoms with Crippen molar-refractivity contribution in [1.82, 2.24) is 4.98 Å². The number of hydrogen-bond donors (Lipinski definition) is 2. The summed E-state index contributed by atoms with van der Waals surface area (Å²) in [7, 11) is 0. The van der Waals surface area contributed by atoms with Crippen LogP contribution in [0.2, 0.25) is 0 Å². The minimum Gasteiger partial charge on any atom is -0.465 e. The van der Waals surface area contributed by atoms with Gasteiger partial charge in [-0.05, 0) is 35.9 Å². The van der Waals surface area contributed by atoms with Gasteiger partial charge in [0, 0.05) is 11.1 Å². The number of pyridine rings is 1. The quantitative estimate of drug-likeness (QED) is 0.746. The number of rotatable bonds is 3. The number of carboxylic acid groups (broad SMARTS) is 1. The number of para-hydroxylation sites is 1. The number of hydrogen-bond acceptors (Lipinski definition) is 2. The number of aromatic nitrogens is 1. The van der Waals surface area contributed by atoms with Gasteiger partial charge in [-0.2, -0.15) is 0 Å². The molecule has 1 heterocycles. The van der Waals surface area contributed by atoms with Crippen molar-refractivity contribution >= 4 is 34.8 Å². The van der Waals surface area contributed by atoms with Crippen LogP contribution in [-0.2, 0) is 0 Å². The molecule has 0 fully saturated rings. The highest BCUT2D eigenvalue weighted by molar-refractivity contribution is 5.83.